The minimum absolute atomic E-state index is 0. The van der Waals surface area contributed by atoms with Gasteiger partial charge in [0.05, 0.1) is 0 Å². The van der Waals surface area contributed by atoms with E-state index in [-0.39, 0.29) is 24.8 Å². The van der Waals surface area contributed by atoms with Crippen LogP contribution in [0.2, 0.25) is 10.5 Å². The molecule has 0 aromatic heterocycles. The average molecular weight is 246 g/mol. The second kappa shape index (κ2) is 5.60. The van der Waals surface area contributed by atoms with E-state index in [0.717, 1.165) is 0 Å². The number of rotatable bonds is 1. The Hall–Kier alpha value is 0.991. The Labute approximate surface area is 86.3 Å². The molecule has 0 saturated carbocycles. The third-order valence-corrected chi connectivity index (χ3v) is 6.81. The molecule has 0 aromatic carbocycles. The molecule has 11 heavy (non-hydrogen) atoms. The van der Waals surface area contributed by atoms with Crippen molar-refractivity contribution in [3.63, 3.8) is 0 Å². The van der Waals surface area contributed by atoms with Crippen molar-refractivity contribution in [2.24, 2.45) is 0 Å². The summed E-state index contributed by atoms with van der Waals surface area (Å²) in [7, 11) is 2.24. The zero-order valence-electron chi connectivity index (χ0n) is 6.96. The molecule has 0 fully saturated rings. The summed E-state index contributed by atoms with van der Waals surface area (Å²) >= 11 is -1.35. The maximum atomic E-state index is 2.46. The summed E-state index contributed by atoms with van der Waals surface area (Å²) in [5.74, 6) is 0. The van der Waals surface area contributed by atoms with Crippen molar-refractivity contribution in [1.29, 1.82) is 0 Å². The van der Waals surface area contributed by atoms with Crippen LogP contribution in [0.15, 0.2) is 22.1 Å². The molecule has 0 heterocycles. The second-order valence-electron chi connectivity index (χ2n) is 3.21. The topological polar surface area (TPSA) is 0 Å². The van der Waals surface area contributed by atoms with Crippen LogP contribution in [0.25, 0.3) is 0 Å². The molecule has 0 unspecified atom stereocenters. The van der Waals surface area contributed by atoms with Crippen LogP contribution in [0.4, 0.5) is 0 Å². The first-order valence-corrected chi connectivity index (χ1v) is 11.2. The molecule has 0 radical (unpaired) electrons. The van der Waals surface area contributed by atoms with Crippen LogP contribution in [0.1, 0.15) is 6.42 Å². The molecule has 65 valence electrons. The summed E-state index contributed by atoms with van der Waals surface area (Å²) in [4.78, 5) is 0. The van der Waals surface area contributed by atoms with E-state index in [1.807, 2.05) is 0 Å². The van der Waals surface area contributed by atoms with E-state index in [9.17, 15) is 0 Å². The number of allylic oxidation sites excluding steroid dienone is 4. The fourth-order valence-electron chi connectivity index (χ4n) is 0.949. The quantitative estimate of drug-likeness (QED) is 0.623. The molecule has 4 heteroatoms. The van der Waals surface area contributed by atoms with E-state index in [0.29, 0.717) is 0 Å². The minimum atomic E-state index is -1.35. The maximum absolute atomic E-state index is 2.46. The molecule has 1 aliphatic rings. The van der Waals surface area contributed by atoms with Crippen LogP contribution in [-0.2, 0) is 15.3 Å². The second-order valence-corrected chi connectivity index (χ2v) is 17.4. The van der Waals surface area contributed by atoms with Gasteiger partial charge in [-0.25, -0.2) is 0 Å². The van der Waals surface area contributed by atoms with Gasteiger partial charge >= 0.3 is 61.9 Å². The van der Waals surface area contributed by atoms with Crippen molar-refractivity contribution in [2.75, 3.05) is 0 Å². The summed E-state index contributed by atoms with van der Waals surface area (Å²) in [6.07, 6.45) is 8.01. The summed E-state index contributed by atoms with van der Waals surface area (Å²) in [6.45, 7) is 0. The van der Waals surface area contributed by atoms with Gasteiger partial charge in [0.15, 0.2) is 0 Å². The number of hydrogen-bond donors (Lipinski definition) is 0. The molecular formula is C7H15Cl2SiTi. The van der Waals surface area contributed by atoms with Crippen LogP contribution in [0, 0.1) is 0 Å². The zero-order chi connectivity index (χ0) is 6.91. The van der Waals surface area contributed by atoms with Crippen molar-refractivity contribution in [1.82, 2.24) is 0 Å². The Morgan fingerprint density at radius 2 is 1.91 bits per heavy atom. The molecule has 0 saturated heterocycles. The monoisotopic (exact) mass is 245 g/mol. The number of halogens is 2. The van der Waals surface area contributed by atoms with Gasteiger partial charge in [0.25, 0.3) is 0 Å². The predicted molar refractivity (Wildman–Crippen MR) is 56.6 cm³/mol. The predicted octanol–water partition coefficient (Wildman–Crippen LogP) is 2.47. The van der Waals surface area contributed by atoms with Crippen molar-refractivity contribution in [2.45, 2.75) is 16.9 Å². The van der Waals surface area contributed by atoms with Gasteiger partial charge in [-0.2, -0.15) is 0 Å². The zero-order valence-corrected chi connectivity index (χ0v) is 11.6. The average Bonchev–Trinajstić information content (AvgIpc) is 2.08. The van der Waals surface area contributed by atoms with Gasteiger partial charge in [-0.05, 0) is 0 Å². The van der Waals surface area contributed by atoms with Crippen LogP contribution in [0.5, 0.6) is 0 Å². The van der Waals surface area contributed by atoms with Crippen LogP contribution in [0.3, 0.4) is 0 Å². The van der Waals surface area contributed by atoms with Gasteiger partial charge in [0.1, 0.15) is 0 Å². The molecule has 0 spiro atoms. The molecule has 0 N–H and O–H groups in total. The molecule has 0 bridgehead atoms. The molecule has 0 amide bonds. The molecule has 0 aromatic rings. The molecule has 0 nitrogen and oxygen atoms in total. The Balaban J connectivity index is 0. The number of hydrogen-bond acceptors (Lipinski definition) is 0. The van der Waals surface area contributed by atoms with E-state index in [1.54, 1.807) is 3.88 Å². The van der Waals surface area contributed by atoms with Crippen molar-refractivity contribution < 1.29 is 15.3 Å². The normalized spacial score (nSPS) is 14.9. The Bertz CT molecular complexity index is 214. The third-order valence-electron chi connectivity index (χ3n) is 1.64. The SMILES string of the molecule is Cl.Cl.[CH3][Ti]([CH3])(=[SiH2])[C]1=CC=CC1. The van der Waals surface area contributed by atoms with E-state index in [1.165, 1.54) is 6.42 Å². The van der Waals surface area contributed by atoms with Crippen LogP contribution < -0.4 is 0 Å². The first-order valence-electron chi connectivity index (χ1n) is 3.32. The summed E-state index contributed by atoms with van der Waals surface area (Å²) in [5, 5.41) is 4.91. The first kappa shape index (κ1) is 14.5. The van der Waals surface area contributed by atoms with Gasteiger partial charge in [-0.1, -0.05) is 0 Å². The summed E-state index contributed by atoms with van der Waals surface area (Å²) < 4.78 is 1.74. The van der Waals surface area contributed by atoms with Crippen molar-refractivity contribution >= 4 is 32.4 Å². The molecule has 0 aliphatic heterocycles. The molecule has 1 aliphatic carbocycles. The van der Waals surface area contributed by atoms with E-state index < -0.39 is 15.3 Å². The molecule has 0 atom stereocenters. The van der Waals surface area contributed by atoms with Crippen molar-refractivity contribution in [3.8, 4) is 0 Å². The van der Waals surface area contributed by atoms with Crippen molar-refractivity contribution in [3.05, 3.63) is 22.1 Å². The Kier molecular flexibility index (Phi) is 7.39. The van der Waals surface area contributed by atoms with Crippen LogP contribution >= 0.6 is 24.8 Å². The van der Waals surface area contributed by atoms with E-state index >= 15 is 0 Å². The third kappa shape index (κ3) is 4.54. The first-order chi connectivity index (χ1) is 4.11. The summed E-state index contributed by atoms with van der Waals surface area (Å²) in [5.41, 5.74) is 0. The fraction of sp³-hybridized carbons (Fsp3) is 0.429. The molecular weight excluding hydrogens is 231 g/mol. The van der Waals surface area contributed by atoms with Gasteiger partial charge in [-0.3, -0.25) is 0 Å². The molecule has 1 rings (SSSR count). The fourth-order valence-corrected chi connectivity index (χ4v) is 3.93. The van der Waals surface area contributed by atoms with Gasteiger partial charge in [0.2, 0.25) is 0 Å². The Morgan fingerprint density at radius 1 is 1.36 bits per heavy atom. The van der Waals surface area contributed by atoms with E-state index in [2.05, 4.69) is 36.3 Å². The van der Waals surface area contributed by atoms with Crippen LogP contribution in [-0.4, -0.2) is 7.63 Å². The van der Waals surface area contributed by atoms with Gasteiger partial charge < -0.3 is 0 Å². The summed E-state index contributed by atoms with van der Waals surface area (Å²) in [6, 6.07) is 0. The standard InChI is InChI=1S/C5H5.2CH3.2ClH.H2Si.Ti/c1-2-4-5-3-1;;;;;;/h1-3H,4H2;2*1H3;2*1H;1H2;. The van der Waals surface area contributed by atoms with E-state index in [4.69, 9.17) is 0 Å². The van der Waals surface area contributed by atoms with Gasteiger partial charge in [0, 0.05) is 0 Å². The Morgan fingerprint density at radius 3 is 2.09 bits per heavy atom. The van der Waals surface area contributed by atoms with Gasteiger partial charge in [-0.15, -0.1) is 24.8 Å².